The lowest BCUT2D eigenvalue weighted by molar-refractivity contribution is -0.133. The van der Waals surface area contributed by atoms with Crippen molar-refractivity contribution in [1.29, 1.82) is 0 Å². The van der Waals surface area contributed by atoms with E-state index in [-0.39, 0.29) is 12.4 Å². The third-order valence-corrected chi connectivity index (χ3v) is 3.46. The van der Waals surface area contributed by atoms with Gasteiger partial charge in [0.05, 0.1) is 5.75 Å². The summed E-state index contributed by atoms with van der Waals surface area (Å²) >= 11 is 1.11. The summed E-state index contributed by atoms with van der Waals surface area (Å²) in [7, 11) is 1.99. The number of aliphatic hydroxyl groups excluding tert-OH is 1. The van der Waals surface area contributed by atoms with E-state index in [0.717, 1.165) is 24.9 Å². The van der Waals surface area contributed by atoms with Gasteiger partial charge in [0.25, 0.3) is 0 Å². The molecule has 7 nitrogen and oxygen atoms in total. The van der Waals surface area contributed by atoms with Crippen LogP contribution in [0, 0.1) is 0 Å². The fraction of sp³-hybridized carbons (Fsp3) is 0.700. The Labute approximate surface area is 110 Å². The molecule has 0 atom stereocenters. The van der Waals surface area contributed by atoms with Crippen LogP contribution in [0.25, 0.3) is 0 Å². The van der Waals surface area contributed by atoms with Crippen LogP contribution in [0.3, 0.4) is 0 Å². The summed E-state index contributed by atoms with van der Waals surface area (Å²) in [5.41, 5.74) is 0. The number of carboxylic acid groups (broad SMARTS) is 1. The number of hydrogen-bond acceptors (Lipinski definition) is 6. The molecule has 0 unspecified atom stereocenters. The predicted octanol–water partition coefficient (Wildman–Crippen LogP) is -0.101. The summed E-state index contributed by atoms with van der Waals surface area (Å²) < 4.78 is 1.76. The lowest BCUT2D eigenvalue weighted by Gasteiger charge is -2.15. The molecule has 1 aromatic heterocycles. The first kappa shape index (κ1) is 14.9. The maximum atomic E-state index is 10.5. The van der Waals surface area contributed by atoms with Crippen molar-refractivity contribution >= 4 is 17.7 Å². The van der Waals surface area contributed by atoms with E-state index in [4.69, 9.17) is 10.2 Å². The lowest BCUT2D eigenvalue weighted by Crippen LogP contribution is -2.24. The van der Waals surface area contributed by atoms with Gasteiger partial charge in [0, 0.05) is 13.1 Å². The molecule has 2 N–H and O–H groups in total. The van der Waals surface area contributed by atoms with Crippen molar-refractivity contribution in [3.63, 3.8) is 0 Å². The zero-order chi connectivity index (χ0) is 13.5. The van der Waals surface area contributed by atoms with Crippen molar-refractivity contribution in [1.82, 2.24) is 19.7 Å². The summed E-state index contributed by atoms with van der Waals surface area (Å²) in [6.45, 7) is 4.21. The fourth-order valence-corrected chi connectivity index (χ4v) is 2.03. The molecule has 0 aliphatic heterocycles. The van der Waals surface area contributed by atoms with Gasteiger partial charge in [-0.05, 0) is 13.6 Å². The van der Waals surface area contributed by atoms with Crippen molar-refractivity contribution in [3.05, 3.63) is 5.82 Å². The molecule has 8 heteroatoms. The maximum Gasteiger partial charge on any atom is 0.313 e. The molecular formula is C10H18N4O3S. The summed E-state index contributed by atoms with van der Waals surface area (Å²) in [4.78, 5) is 12.7. The zero-order valence-electron chi connectivity index (χ0n) is 10.5. The molecule has 0 aromatic carbocycles. The number of carboxylic acids is 1. The minimum absolute atomic E-state index is 0.0623. The molecule has 0 saturated heterocycles. The third kappa shape index (κ3) is 4.28. The molecule has 0 fully saturated rings. The summed E-state index contributed by atoms with van der Waals surface area (Å²) in [5, 5.41) is 26.1. The van der Waals surface area contributed by atoms with Crippen molar-refractivity contribution in [2.75, 3.05) is 25.9 Å². The normalized spacial score (nSPS) is 11.1. The van der Waals surface area contributed by atoms with Gasteiger partial charge in [0.15, 0.2) is 11.0 Å². The monoisotopic (exact) mass is 274 g/mol. The van der Waals surface area contributed by atoms with Crippen LogP contribution in [0.1, 0.15) is 12.7 Å². The second kappa shape index (κ2) is 7.34. The molecule has 0 spiro atoms. The van der Waals surface area contributed by atoms with Crippen LogP contribution in [-0.4, -0.2) is 61.7 Å². The standard InChI is InChI=1S/C10H18N4O3S/c1-3-13(2)4-5-14-8(6-15)11-12-10(14)18-7-9(16)17/h15H,3-7H2,1-2H3,(H,16,17). The second-order valence-corrected chi connectivity index (χ2v) is 4.73. The third-order valence-electron chi connectivity index (χ3n) is 2.50. The highest BCUT2D eigenvalue weighted by Gasteiger charge is 2.13. The quantitative estimate of drug-likeness (QED) is 0.639. The number of aliphatic carboxylic acids is 1. The number of nitrogens with zero attached hydrogens (tertiary/aromatic N) is 4. The van der Waals surface area contributed by atoms with E-state index in [1.165, 1.54) is 0 Å². The van der Waals surface area contributed by atoms with Gasteiger partial charge in [-0.3, -0.25) is 4.79 Å². The highest BCUT2D eigenvalue weighted by Crippen LogP contribution is 2.16. The topological polar surface area (TPSA) is 91.5 Å². The van der Waals surface area contributed by atoms with Gasteiger partial charge >= 0.3 is 5.97 Å². The van der Waals surface area contributed by atoms with Crippen molar-refractivity contribution in [3.8, 4) is 0 Å². The Morgan fingerprint density at radius 2 is 2.22 bits per heavy atom. The van der Waals surface area contributed by atoms with Crippen LogP contribution in [0.2, 0.25) is 0 Å². The molecule has 0 aliphatic rings. The van der Waals surface area contributed by atoms with Crippen LogP contribution >= 0.6 is 11.8 Å². The van der Waals surface area contributed by atoms with Gasteiger partial charge in [-0.1, -0.05) is 18.7 Å². The Morgan fingerprint density at radius 1 is 1.50 bits per heavy atom. The van der Waals surface area contributed by atoms with E-state index in [2.05, 4.69) is 22.0 Å². The Bertz CT molecular complexity index is 396. The molecule has 0 radical (unpaired) electrons. The number of thioether (sulfide) groups is 1. The molecule has 0 amide bonds. The number of rotatable bonds is 8. The molecular weight excluding hydrogens is 256 g/mol. The molecule has 1 rings (SSSR count). The van der Waals surface area contributed by atoms with Crippen LogP contribution in [0.5, 0.6) is 0 Å². The smallest absolute Gasteiger partial charge is 0.313 e. The van der Waals surface area contributed by atoms with E-state index >= 15 is 0 Å². The van der Waals surface area contributed by atoms with Crippen LogP contribution in [-0.2, 0) is 17.9 Å². The van der Waals surface area contributed by atoms with Gasteiger partial charge in [-0.2, -0.15) is 0 Å². The van der Waals surface area contributed by atoms with Gasteiger partial charge in [-0.15, -0.1) is 10.2 Å². The van der Waals surface area contributed by atoms with E-state index < -0.39 is 5.97 Å². The van der Waals surface area contributed by atoms with Gasteiger partial charge in [0.1, 0.15) is 6.61 Å². The number of carbonyl (C=O) groups is 1. The Balaban J connectivity index is 2.71. The average molecular weight is 274 g/mol. The Kier molecular flexibility index (Phi) is 6.10. The molecule has 18 heavy (non-hydrogen) atoms. The predicted molar refractivity (Wildman–Crippen MR) is 67.5 cm³/mol. The van der Waals surface area contributed by atoms with Crippen molar-refractivity contribution in [2.24, 2.45) is 0 Å². The van der Waals surface area contributed by atoms with Gasteiger partial charge in [-0.25, -0.2) is 0 Å². The summed E-state index contributed by atoms with van der Waals surface area (Å²) in [6.07, 6.45) is 0. The largest absolute Gasteiger partial charge is 0.481 e. The van der Waals surface area contributed by atoms with E-state index in [9.17, 15) is 4.79 Å². The van der Waals surface area contributed by atoms with Crippen molar-refractivity contribution in [2.45, 2.75) is 25.2 Å². The second-order valence-electron chi connectivity index (χ2n) is 3.79. The molecule has 1 heterocycles. The Hall–Kier alpha value is -1.12. The molecule has 1 aromatic rings. The van der Waals surface area contributed by atoms with Gasteiger partial charge < -0.3 is 19.7 Å². The van der Waals surface area contributed by atoms with E-state index in [1.54, 1.807) is 4.57 Å². The molecule has 0 saturated carbocycles. The first-order chi connectivity index (χ1) is 8.58. The molecule has 102 valence electrons. The minimum atomic E-state index is -0.897. The number of hydrogen-bond donors (Lipinski definition) is 2. The average Bonchev–Trinajstić information content (AvgIpc) is 2.75. The van der Waals surface area contributed by atoms with Crippen molar-refractivity contribution < 1.29 is 15.0 Å². The molecule has 0 aliphatic carbocycles. The first-order valence-corrected chi connectivity index (χ1v) is 6.63. The van der Waals surface area contributed by atoms with Crippen LogP contribution in [0.15, 0.2) is 5.16 Å². The fourth-order valence-electron chi connectivity index (χ4n) is 1.32. The number of aliphatic hydroxyl groups is 1. The molecule has 0 bridgehead atoms. The summed E-state index contributed by atoms with van der Waals surface area (Å²) in [5.74, 6) is -0.495. The van der Waals surface area contributed by atoms with Crippen LogP contribution < -0.4 is 0 Å². The highest BCUT2D eigenvalue weighted by atomic mass is 32.2. The zero-order valence-corrected chi connectivity index (χ0v) is 11.4. The van der Waals surface area contributed by atoms with Gasteiger partial charge in [0.2, 0.25) is 0 Å². The number of aromatic nitrogens is 3. The van der Waals surface area contributed by atoms with Crippen LogP contribution in [0.4, 0.5) is 0 Å². The minimum Gasteiger partial charge on any atom is -0.481 e. The number of likely N-dealkylation sites (N-methyl/N-ethyl adjacent to an activating group) is 1. The van der Waals surface area contributed by atoms with E-state index in [1.807, 2.05) is 7.05 Å². The first-order valence-electron chi connectivity index (χ1n) is 5.64. The Morgan fingerprint density at radius 3 is 2.78 bits per heavy atom. The van der Waals surface area contributed by atoms with E-state index in [0.29, 0.717) is 17.5 Å². The highest BCUT2D eigenvalue weighted by molar-refractivity contribution is 7.99. The summed E-state index contributed by atoms with van der Waals surface area (Å²) in [6, 6.07) is 0. The lowest BCUT2D eigenvalue weighted by atomic mass is 10.5. The maximum absolute atomic E-state index is 10.5. The SMILES string of the molecule is CCN(C)CCn1c(CO)nnc1SCC(=O)O.